The maximum atomic E-state index is 13.2. The van der Waals surface area contributed by atoms with E-state index in [1.807, 2.05) is 18.0 Å². The lowest BCUT2D eigenvalue weighted by Gasteiger charge is -2.43. The van der Waals surface area contributed by atoms with Gasteiger partial charge in [-0.1, -0.05) is 13.8 Å². The molecule has 1 aliphatic heterocycles. The molecule has 1 aromatic rings. The van der Waals surface area contributed by atoms with Crippen molar-refractivity contribution < 1.29 is 14.3 Å². The molecule has 24 heavy (non-hydrogen) atoms. The van der Waals surface area contributed by atoms with Crippen LogP contribution in [0.1, 0.15) is 61.6 Å². The third-order valence-electron chi connectivity index (χ3n) is 5.85. The molecule has 6 heteroatoms. The first-order valence-corrected chi connectivity index (χ1v) is 8.84. The molecule has 2 aliphatic rings. The number of rotatable bonds is 4. The molecular weight excluding hydrogens is 306 g/mol. The van der Waals surface area contributed by atoms with Crippen molar-refractivity contribution in [3.63, 3.8) is 0 Å². The van der Waals surface area contributed by atoms with Gasteiger partial charge in [0.15, 0.2) is 0 Å². The first-order valence-electron chi connectivity index (χ1n) is 8.84. The van der Waals surface area contributed by atoms with Gasteiger partial charge in [0, 0.05) is 27.8 Å². The predicted molar refractivity (Wildman–Crippen MR) is 91.1 cm³/mol. The molecule has 6 nitrogen and oxygen atoms in total. The summed E-state index contributed by atoms with van der Waals surface area (Å²) in [6.07, 6.45) is 3.87. The van der Waals surface area contributed by atoms with E-state index >= 15 is 0 Å². The van der Waals surface area contributed by atoms with Gasteiger partial charge < -0.3 is 14.4 Å². The van der Waals surface area contributed by atoms with Gasteiger partial charge in [-0.15, -0.1) is 0 Å². The minimum atomic E-state index is -0.218. The topological polar surface area (TPSA) is 56.6 Å². The highest BCUT2D eigenvalue weighted by molar-refractivity contribution is 5.93. The van der Waals surface area contributed by atoms with E-state index in [0.717, 1.165) is 37.9 Å². The normalized spacial score (nSPS) is 30.0. The first-order chi connectivity index (χ1) is 11.4. The van der Waals surface area contributed by atoms with Gasteiger partial charge >= 0.3 is 0 Å². The van der Waals surface area contributed by atoms with Crippen molar-refractivity contribution in [3.8, 4) is 0 Å². The standard InChI is InChI=1S/C18H29N3O3/c1-12(2)14-11-15(20(3)19-14)17(22)21-9-8-18(24-5)7-6-13(23-4)10-16(18)21/h11-13,16H,6-10H2,1-5H3/t13-,16-,18+/m0/s1. The van der Waals surface area contributed by atoms with Crippen LogP contribution in [0.5, 0.6) is 0 Å². The highest BCUT2D eigenvalue weighted by Gasteiger charge is 2.53. The lowest BCUT2D eigenvalue weighted by Crippen LogP contribution is -2.53. The molecule has 2 fully saturated rings. The Balaban J connectivity index is 1.87. The summed E-state index contributed by atoms with van der Waals surface area (Å²) in [5.74, 6) is 0.361. The highest BCUT2D eigenvalue weighted by Crippen LogP contribution is 2.43. The van der Waals surface area contributed by atoms with Crippen LogP contribution in [0.15, 0.2) is 6.07 Å². The lowest BCUT2D eigenvalue weighted by atomic mass is 9.79. The van der Waals surface area contributed by atoms with Crippen LogP contribution in [0.2, 0.25) is 0 Å². The molecule has 0 aromatic carbocycles. The van der Waals surface area contributed by atoms with E-state index in [-0.39, 0.29) is 23.7 Å². The maximum Gasteiger partial charge on any atom is 0.272 e. The second kappa shape index (κ2) is 6.48. The SMILES string of the molecule is CO[C@H]1CC[C@@]2(OC)CCN(C(=O)c3cc(C(C)C)nn3C)[C@H]2C1. The number of carbonyl (C=O) groups excluding carboxylic acids is 1. The van der Waals surface area contributed by atoms with Crippen molar-refractivity contribution in [3.05, 3.63) is 17.5 Å². The van der Waals surface area contributed by atoms with E-state index in [1.54, 1.807) is 18.9 Å². The Morgan fingerprint density at radius 3 is 2.71 bits per heavy atom. The number of likely N-dealkylation sites (tertiary alicyclic amines) is 1. The van der Waals surface area contributed by atoms with E-state index in [1.165, 1.54) is 0 Å². The Hall–Kier alpha value is -1.40. The monoisotopic (exact) mass is 335 g/mol. The zero-order valence-corrected chi connectivity index (χ0v) is 15.4. The van der Waals surface area contributed by atoms with Gasteiger partial charge in [-0.2, -0.15) is 5.10 Å². The highest BCUT2D eigenvalue weighted by atomic mass is 16.5. The summed E-state index contributed by atoms with van der Waals surface area (Å²) in [6, 6.07) is 2.00. The fourth-order valence-electron chi connectivity index (χ4n) is 4.24. The van der Waals surface area contributed by atoms with Crippen LogP contribution in [0.25, 0.3) is 0 Å². The average Bonchev–Trinajstić information content (AvgIpc) is 3.15. The zero-order valence-electron chi connectivity index (χ0n) is 15.4. The minimum absolute atomic E-state index is 0.0533. The van der Waals surface area contributed by atoms with Crippen molar-refractivity contribution in [2.24, 2.45) is 7.05 Å². The minimum Gasteiger partial charge on any atom is -0.381 e. The second-order valence-electron chi connectivity index (χ2n) is 7.40. The van der Waals surface area contributed by atoms with Crippen molar-refractivity contribution in [2.45, 2.75) is 63.2 Å². The third kappa shape index (κ3) is 2.75. The van der Waals surface area contributed by atoms with Crippen LogP contribution in [-0.2, 0) is 16.5 Å². The lowest BCUT2D eigenvalue weighted by molar-refractivity contribution is -0.0894. The molecule has 0 unspecified atom stereocenters. The summed E-state index contributed by atoms with van der Waals surface area (Å²) in [5, 5.41) is 4.49. The number of ether oxygens (including phenoxy) is 2. The summed E-state index contributed by atoms with van der Waals surface area (Å²) < 4.78 is 13.2. The molecule has 2 heterocycles. The van der Waals surface area contributed by atoms with Crippen molar-refractivity contribution in [1.29, 1.82) is 0 Å². The van der Waals surface area contributed by atoms with E-state index in [2.05, 4.69) is 18.9 Å². The Morgan fingerprint density at radius 1 is 1.38 bits per heavy atom. The number of aromatic nitrogens is 2. The van der Waals surface area contributed by atoms with E-state index in [9.17, 15) is 4.79 Å². The van der Waals surface area contributed by atoms with Gasteiger partial charge in [0.05, 0.1) is 23.4 Å². The molecular formula is C18H29N3O3. The number of carbonyl (C=O) groups is 1. The smallest absolute Gasteiger partial charge is 0.272 e. The molecule has 0 radical (unpaired) electrons. The van der Waals surface area contributed by atoms with Crippen LogP contribution >= 0.6 is 0 Å². The average molecular weight is 335 g/mol. The molecule has 3 atom stereocenters. The number of methoxy groups -OCH3 is 2. The fourth-order valence-corrected chi connectivity index (χ4v) is 4.24. The van der Waals surface area contributed by atoms with Crippen LogP contribution < -0.4 is 0 Å². The first kappa shape index (κ1) is 17.4. The van der Waals surface area contributed by atoms with Crippen LogP contribution in [-0.4, -0.2) is 59.1 Å². The molecule has 3 rings (SSSR count). The number of hydrogen-bond acceptors (Lipinski definition) is 4. The maximum absolute atomic E-state index is 13.2. The molecule has 1 amide bonds. The quantitative estimate of drug-likeness (QED) is 0.847. The van der Waals surface area contributed by atoms with Crippen molar-refractivity contribution in [1.82, 2.24) is 14.7 Å². The fraction of sp³-hybridized carbons (Fsp3) is 0.778. The van der Waals surface area contributed by atoms with Gasteiger partial charge in [-0.25, -0.2) is 0 Å². The molecule has 1 saturated heterocycles. The second-order valence-corrected chi connectivity index (χ2v) is 7.40. The van der Waals surface area contributed by atoms with E-state index in [0.29, 0.717) is 11.6 Å². The Labute approximate surface area is 144 Å². The number of fused-ring (bicyclic) bond motifs is 1. The van der Waals surface area contributed by atoms with Crippen molar-refractivity contribution in [2.75, 3.05) is 20.8 Å². The summed E-state index contributed by atoms with van der Waals surface area (Å²) in [4.78, 5) is 15.2. The summed E-state index contributed by atoms with van der Waals surface area (Å²) in [6.45, 7) is 4.91. The Kier molecular flexibility index (Phi) is 4.71. The van der Waals surface area contributed by atoms with Crippen LogP contribution in [0, 0.1) is 0 Å². The largest absolute Gasteiger partial charge is 0.381 e. The number of nitrogens with zero attached hydrogens (tertiary/aromatic N) is 3. The van der Waals surface area contributed by atoms with Gasteiger partial charge in [0.1, 0.15) is 5.69 Å². The van der Waals surface area contributed by atoms with Crippen LogP contribution in [0.4, 0.5) is 0 Å². The Morgan fingerprint density at radius 2 is 2.12 bits per heavy atom. The molecule has 1 saturated carbocycles. The number of amides is 1. The van der Waals surface area contributed by atoms with Gasteiger partial charge in [0.2, 0.25) is 0 Å². The van der Waals surface area contributed by atoms with Gasteiger partial charge in [-0.05, 0) is 37.7 Å². The molecule has 0 N–H and O–H groups in total. The molecule has 1 aliphatic carbocycles. The number of aryl methyl sites for hydroxylation is 1. The number of hydrogen-bond donors (Lipinski definition) is 0. The molecule has 134 valence electrons. The van der Waals surface area contributed by atoms with E-state index in [4.69, 9.17) is 9.47 Å². The van der Waals surface area contributed by atoms with Gasteiger partial charge in [-0.3, -0.25) is 9.48 Å². The van der Waals surface area contributed by atoms with Gasteiger partial charge in [0.25, 0.3) is 5.91 Å². The van der Waals surface area contributed by atoms with Crippen LogP contribution in [0.3, 0.4) is 0 Å². The van der Waals surface area contributed by atoms with E-state index < -0.39 is 0 Å². The zero-order chi connectivity index (χ0) is 17.5. The third-order valence-corrected chi connectivity index (χ3v) is 5.85. The predicted octanol–water partition coefficient (Wildman–Crippen LogP) is 2.34. The summed E-state index contributed by atoms with van der Waals surface area (Å²) >= 11 is 0. The summed E-state index contributed by atoms with van der Waals surface area (Å²) in [5.41, 5.74) is 1.39. The van der Waals surface area contributed by atoms with Crippen molar-refractivity contribution >= 4 is 5.91 Å². The molecule has 1 aromatic heterocycles. The molecule has 0 spiro atoms. The molecule has 0 bridgehead atoms. The Bertz CT molecular complexity index is 613. The summed E-state index contributed by atoms with van der Waals surface area (Å²) in [7, 11) is 5.37.